The summed E-state index contributed by atoms with van der Waals surface area (Å²) < 4.78 is 21.5. The quantitative estimate of drug-likeness (QED) is 0.697. The molecule has 0 radical (unpaired) electrons. The molecule has 2 heterocycles. The Labute approximate surface area is 160 Å². The molecule has 27 heavy (non-hydrogen) atoms. The molecular formula is C20H17FN4OS. The molecule has 1 aliphatic rings. The second-order valence-corrected chi connectivity index (χ2v) is 7.09. The first kappa shape index (κ1) is 17.7. The lowest BCUT2D eigenvalue weighted by Gasteiger charge is -2.26. The van der Waals surface area contributed by atoms with Crippen molar-refractivity contribution < 1.29 is 9.13 Å². The summed E-state index contributed by atoms with van der Waals surface area (Å²) in [6.45, 7) is 1.64. The van der Waals surface area contributed by atoms with Crippen molar-refractivity contribution in [1.29, 1.82) is 5.26 Å². The molecule has 0 atom stereocenters. The molecule has 136 valence electrons. The molecule has 0 saturated carbocycles. The summed E-state index contributed by atoms with van der Waals surface area (Å²) in [6.07, 6.45) is 2.45. The minimum atomic E-state index is -0.480. The number of nitrogens with zero attached hydrogens (tertiary/aromatic N) is 3. The fourth-order valence-electron chi connectivity index (χ4n) is 3.52. The largest absolute Gasteiger partial charge is 0.494 e. The summed E-state index contributed by atoms with van der Waals surface area (Å²) >= 11 is 1.23. The van der Waals surface area contributed by atoms with Gasteiger partial charge in [0.05, 0.1) is 18.2 Å². The lowest BCUT2D eigenvalue weighted by atomic mass is 9.92. The van der Waals surface area contributed by atoms with Gasteiger partial charge in [-0.1, -0.05) is 12.1 Å². The monoisotopic (exact) mass is 380 g/mol. The number of pyridine rings is 1. The molecule has 4 rings (SSSR count). The van der Waals surface area contributed by atoms with Crippen LogP contribution in [-0.4, -0.2) is 22.9 Å². The van der Waals surface area contributed by atoms with Gasteiger partial charge in [-0.2, -0.15) is 5.26 Å². The van der Waals surface area contributed by atoms with Gasteiger partial charge in [0.25, 0.3) is 0 Å². The van der Waals surface area contributed by atoms with E-state index in [1.165, 1.54) is 42.6 Å². The van der Waals surface area contributed by atoms with E-state index in [1.807, 2.05) is 6.07 Å². The molecule has 1 aromatic heterocycles. The van der Waals surface area contributed by atoms with Crippen LogP contribution in [-0.2, 0) is 13.0 Å². The van der Waals surface area contributed by atoms with Gasteiger partial charge in [-0.25, -0.2) is 8.70 Å². The van der Waals surface area contributed by atoms with Crippen LogP contribution < -0.4 is 9.88 Å². The minimum Gasteiger partial charge on any atom is -0.494 e. The van der Waals surface area contributed by atoms with E-state index in [9.17, 15) is 9.65 Å². The van der Waals surface area contributed by atoms with Crippen molar-refractivity contribution in [2.45, 2.75) is 13.0 Å². The standard InChI is InChI=1S/C20H17FN4OS/c1-26-19-8-18-16(7-17(19)21)20(15(9-22)10-24-18)13-3-2-12-4-5-25(27-23)11-14(12)6-13/h2-3,6-8,10H,4-5,11,23H2,1H3. The molecule has 3 aromatic rings. The predicted octanol–water partition coefficient (Wildman–Crippen LogP) is 3.80. The molecule has 0 saturated heterocycles. The fourth-order valence-corrected chi connectivity index (χ4v) is 3.93. The number of ether oxygens (including phenoxy) is 1. The average Bonchev–Trinajstić information content (AvgIpc) is 2.71. The minimum absolute atomic E-state index is 0.131. The van der Waals surface area contributed by atoms with Crippen LogP contribution in [0.15, 0.2) is 36.5 Å². The number of fused-ring (bicyclic) bond motifs is 2. The summed E-state index contributed by atoms with van der Waals surface area (Å²) in [7, 11) is 1.42. The third-order valence-electron chi connectivity index (χ3n) is 4.88. The van der Waals surface area contributed by atoms with Crippen LogP contribution in [0.2, 0.25) is 0 Å². The van der Waals surface area contributed by atoms with Crippen molar-refractivity contribution in [3.63, 3.8) is 0 Å². The topological polar surface area (TPSA) is 75.2 Å². The fraction of sp³-hybridized carbons (Fsp3) is 0.200. The molecule has 0 unspecified atom stereocenters. The number of nitriles is 1. The highest BCUT2D eigenvalue weighted by Crippen LogP contribution is 2.36. The van der Waals surface area contributed by atoms with Gasteiger partial charge in [0.1, 0.15) is 6.07 Å². The van der Waals surface area contributed by atoms with E-state index in [1.54, 1.807) is 6.07 Å². The third-order valence-corrected chi connectivity index (χ3v) is 5.49. The highest BCUT2D eigenvalue weighted by molar-refractivity contribution is 7.94. The highest BCUT2D eigenvalue weighted by atomic mass is 32.2. The van der Waals surface area contributed by atoms with Gasteiger partial charge in [0, 0.05) is 48.4 Å². The Morgan fingerprint density at radius 3 is 2.89 bits per heavy atom. The molecule has 0 bridgehead atoms. The van der Waals surface area contributed by atoms with Crippen LogP contribution in [0.3, 0.4) is 0 Å². The first-order chi connectivity index (χ1) is 13.1. The summed E-state index contributed by atoms with van der Waals surface area (Å²) in [5, 5.41) is 15.9. The molecule has 5 nitrogen and oxygen atoms in total. The van der Waals surface area contributed by atoms with Crippen molar-refractivity contribution in [2.24, 2.45) is 5.14 Å². The second-order valence-electron chi connectivity index (χ2n) is 6.37. The summed E-state index contributed by atoms with van der Waals surface area (Å²) in [5.74, 6) is -0.349. The van der Waals surface area contributed by atoms with E-state index in [0.717, 1.165) is 25.1 Å². The van der Waals surface area contributed by atoms with Crippen LogP contribution in [0, 0.1) is 17.1 Å². The zero-order valence-corrected chi connectivity index (χ0v) is 15.5. The number of nitrogens with two attached hydrogens (primary N) is 1. The van der Waals surface area contributed by atoms with Crippen LogP contribution in [0.5, 0.6) is 5.75 Å². The van der Waals surface area contributed by atoms with Crippen molar-refractivity contribution in [2.75, 3.05) is 13.7 Å². The Morgan fingerprint density at radius 1 is 1.30 bits per heavy atom. The Balaban J connectivity index is 1.93. The number of methoxy groups -OCH3 is 1. The van der Waals surface area contributed by atoms with Crippen molar-refractivity contribution in [3.8, 4) is 22.9 Å². The van der Waals surface area contributed by atoms with Crippen molar-refractivity contribution in [3.05, 3.63) is 59.0 Å². The molecule has 0 fully saturated rings. The van der Waals surface area contributed by atoms with Crippen LogP contribution in [0.1, 0.15) is 16.7 Å². The summed E-state index contributed by atoms with van der Waals surface area (Å²) in [6, 6.07) is 11.3. The molecule has 0 aliphatic carbocycles. The molecule has 2 aromatic carbocycles. The van der Waals surface area contributed by atoms with E-state index < -0.39 is 5.82 Å². The summed E-state index contributed by atoms with van der Waals surface area (Å²) in [5.41, 5.74) is 4.98. The number of rotatable bonds is 3. The molecule has 0 spiro atoms. The predicted molar refractivity (Wildman–Crippen MR) is 104 cm³/mol. The molecular weight excluding hydrogens is 363 g/mol. The molecule has 0 amide bonds. The first-order valence-electron chi connectivity index (χ1n) is 8.45. The summed E-state index contributed by atoms with van der Waals surface area (Å²) in [4.78, 5) is 4.30. The van der Waals surface area contributed by atoms with E-state index in [4.69, 9.17) is 9.88 Å². The van der Waals surface area contributed by atoms with Gasteiger partial charge in [-0.15, -0.1) is 0 Å². The maximum atomic E-state index is 14.4. The Kier molecular flexibility index (Phi) is 4.70. The van der Waals surface area contributed by atoms with Crippen LogP contribution >= 0.6 is 12.1 Å². The van der Waals surface area contributed by atoms with E-state index >= 15 is 0 Å². The van der Waals surface area contributed by atoms with Crippen LogP contribution in [0.25, 0.3) is 22.0 Å². The SMILES string of the molecule is COc1cc2ncc(C#N)c(-c3ccc4c(c3)CN(SN)CC4)c2cc1F. The Morgan fingerprint density at radius 2 is 2.15 bits per heavy atom. The van der Waals surface area contributed by atoms with Crippen molar-refractivity contribution >= 4 is 23.0 Å². The average molecular weight is 380 g/mol. The van der Waals surface area contributed by atoms with E-state index in [-0.39, 0.29) is 5.75 Å². The lowest BCUT2D eigenvalue weighted by Crippen LogP contribution is -2.26. The number of benzene rings is 2. The Bertz CT molecular complexity index is 1080. The van der Waals surface area contributed by atoms with Gasteiger partial charge in [-0.05, 0) is 35.2 Å². The maximum Gasteiger partial charge on any atom is 0.165 e. The molecule has 2 N–H and O–H groups in total. The number of hydrogen-bond donors (Lipinski definition) is 1. The lowest BCUT2D eigenvalue weighted by molar-refractivity contribution is 0.387. The number of halogens is 1. The van der Waals surface area contributed by atoms with Crippen molar-refractivity contribution in [1.82, 2.24) is 9.29 Å². The zero-order valence-electron chi connectivity index (χ0n) is 14.7. The Hall–Kier alpha value is -2.66. The number of hydrogen-bond acceptors (Lipinski definition) is 6. The van der Waals surface area contributed by atoms with Gasteiger partial charge >= 0.3 is 0 Å². The maximum absolute atomic E-state index is 14.4. The van der Waals surface area contributed by atoms with Crippen LogP contribution in [0.4, 0.5) is 4.39 Å². The van der Waals surface area contributed by atoms with Gasteiger partial charge in [-0.3, -0.25) is 10.1 Å². The second kappa shape index (κ2) is 7.16. The normalized spacial score (nSPS) is 14.0. The smallest absolute Gasteiger partial charge is 0.165 e. The molecule has 1 aliphatic heterocycles. The van der Waals surface area contributed by atoms with E-state index in [2.05, 4.69) is 27.5 Å². The van der Waals surface area contributed by atoms with Gasteiger partial charge in [0.2, 0.25) is 0 Å². The third kappa shape index (κ3) is 3.12. The number of aromatic nitrogens is 1. The zero-order chi connectivity index (χ0) is 19.0. The van der Waals surface area contributed by atoms with Gasteiger partial charge < -0.3 is 4.74 Å². The first-order valence-corrected chi connectivity index (χ1v) is 9.28. The van der Waals surface area contributed by atoms with E-state index in [0.29, 0.717) is 22.0 Å². The highest BCUT2D eigenvalue weighted by Gasteiger charge is 2.19. The molecule has 7 heteroatoms. The van der Waals surface area contributed by atoms with Gasteiger partial charge in [0.15, 0.2) is 11.6 Å².